The number of aromatic nitrogens is 2. The lowest BCUT2D eigenvalue weighted by molar-refractivity contribution is 0.266. The van der Waals surface area contributed by atoms with Crippen molar-refractivity contribution in [3.8, 4) is 0 Å². The van der Waals surface area contributed by atoms with Crippen molar-refractivity contribution < 1.29 is 5.11 Å². The lowest BCUT2D eigenvalue weighted by Crippen LogP contribution is -2.26. The van der Waals surface area contributed by atoms with E-state index >= 15 is 0 Å². The molecule has 4 N–H and O–H groups in total. The summed E-state index contributed by atoms with van der Waals surface area (Å²) in [6.07, 6.45) is 5.71. The summed E-state index contributed by atoms with van der Waals surface area (Å²) in [5.74, 6) is 0.926. The van der Waals surface area contributed by atoms with Crippen molar-refractivity contribution in [3.05, 3.63) is 29.8 Å². The molecule has 4 rings (SSSR count). The summed E-state index contributed by atoms with van der Waals surface area (Å²) in [6.45, 7) is 0.797. The average molecular weight is 295 g/mol. The van der Waals surface area contributed by atoms with E-state index in [1.807, 2.05) is 30.5 Å². The van der Waals surface area contributed by atoms with Crippen molar-refractivity contribution in [3.63, 3.8) is 0 Å². The quantitative estimate of drug-likeness (QED) is 0.796. The second kappa shape index (κ2) is 4.78. The largest absolute Gasteiger partial charge is 0.394 e. The molecule has 2 aliphatic rings. The molecule has 0 atom stereocenters. The van der Waals surface area contributed by atoms with Crippen LogP contribution in [0, 0.1) is 0 Å². The predicted octanol–water partition coefficient (Wildman–Crippen LogP) is 1.62. The van der Waals surface area contributed by atoms with Gasteiger partial charge < -0.3 is 16.2 Å². The first-order valence-corrected chi connectivity index (χ1v) is 7.35. The number of aliphatic hydroxyl groups is 1. The molecule has 0 radical (unpaired) electrons. The molecular formula is C16H17N5O. The SMILES string of the molecule is Nc1nc(NC2(CO)CC2)c2ccc(C3=CC=NC3)cc2n1. The number of aliphatic imine (C=N–C) groups is 1. The predicted molar refractivity (Wildman–Crippen MR) is 88.0 cm³/mol. The van der Waals surface area contributed by atoms with Gasteiger partial charge in [-0.05, 0) is 42.2 Å². The summed E-state index contributed by atoms with van der Waals surface area (Å²) in [5.41, 5.74) is 8.67. The maximum absolute atomic E-state index is 9.49. The third-order valence-electron chi connectivity index (χ3n) is 4.27. The van der Waals surface area contributed by atoms with E-state index in [2.05, 4.69) is 20.3 Å². The van der Waals surface area contributed by atoms with E-state index in [1.54, 1.807) is 0 Å². The summed E-state index contributed by atoms with van der Waals surface area (Å²) in [6, 6.07) is 6.06. The van der Waals surface area contributed by atoms with Crippen LogP contribution in [0.5, 0.6) is 0 Å². The van der Waals surface area contributed by atoms with Crippen LogP contribution in [0.3, 0.4) is 0 Å². The maximum atomic E-state index is 9.49. The smallest absolute Gasteiger partial charge is 0.222 e. The monoisotopic (exact) mass is 295 g/mol. The molecule has 0 saturated heterocycles. The van der Waals surface area contributed by atoms with Gasteiger partial charge in [-0.3, -0.25) is 4.99 Å². The Kier molecular flexibility index (Phi) is 2.87. The van der Waals surface area contributed by atoms with Gasteiger partial charge in [0.15, 0.2) is 0 Å². The van der Waals surface area contributed by atoms with Gasteiger partial charge in [0.05, 0.1) is 24.2 Å². The molecule has 1 fully saturated rings. The highest BCUT2D eigenvalue weighted by atomic mass is 16.3. The van der Waals surface area contributed by atoms with Crippen LogP contribution in [0.15, 0.2) is 29.3 Å². The molecule has 6 heteroatoms. The van der Waals surface area contributed by atoms with Crippen LogP contribution in [0.2, 0.25) is 0 Å². The van der Waals surface area contributed by atoms with Crippen LogP contribution in [-0.4, -0.2) is 40.0 Å². The molecule has 0 amide bonds. The first kappa shape index (κ1) is 13.2. The summed E-state index contributed by atoms with van der Waals surface area (Å²) < 4.78 is 0. The number of hydrogen-bond donors (Lipinski definition) is 3. The second-order valence-electron chi connectivity index (χ2n) is 5.91. The number of benzene rings is 1. The Balaban J connectivity index is 1.77. The number of fused-ring (bicyclic) bond motifs is 1. The van der Waals surface area contributed by atoms with Gasteiger partial charge in [-0.25, -0.2) is 4.98 Å². The fourth-order valence-electron chi connectivity index (χ4n) is 2.70. The van der Waals surface area contributed by atoms with Crippen LogP contribution in [0.4, 0.5) is 11.8 Å². The van der Waals surface area contributed by atoms with Crippen LogP contribution in [0.25, 0.3) is 16.5 Å². The Hall–Kier alpha value is -2.47. The minimum absolute atomic E-state index is 0.0979. The molecule has 1 aliphatic carbocycles. The molecule has 0 bridgehead atoms. The van der Waals surface area contributed by atoms with Gasteiger partial charge in [-0.15, -0.1) is 0 Å². The highest BCUT2D eigenvalue weighted by Gasteiger charge is 2.42. The Morgan fingerprint density at radius 2 is 2.14 bits per heavy atom. The van der Waals surface area contributed by atoms with E-state index in [0.717, 1.165) is 29.3 Å². The molecule has 6 nitrogen and oxygen atoms in total. The number of nitrogens with zero attached hydrogens (tertiary/aromatic N) is 3. The molecule has 0 unspecified atom stereocenters. The molecule has 1 aromatic heterocycles. The molecule has 2 aromatic rings. The Bertz CT molecular complexity index is 808. The van der Waals surface area contributed by atoms with Gasteiger partial charge in [-0.1, -0.05) is 6.07 Å². The van der Waals surface area contributed by atoms with Crippen molar-refractivity contribution in [1.29, 1.82) is 0 Å². The number of aliphatic hydroxyl groups excluding tert-OH is 1. The Morgan fingerprint density at radius 1 is 1.27 bits per heavy atom. The fourth-order valence-corrected chi connectivity index (χ4v) is 2.70. The van der Waals surface area contributed by atoms with E-state index in [-0.39, 0.29) is 18.1 Å². The van der Waals surface area contributed by atoms with Crippen molar-refractivity contribution in [2.24, 2.45) is 4.99 Å². The highest BCUT2D eigenvalue weighted by Crippen LogP contribution is 2.39. The number of anilines is 2. The van der Waals surface area contributed by atoms with E-state index in [4.69, 9.17) is 5.73 Å². The first-order valence-electron chi connectivity index (χ1n) is 7.35. The number of nitrogens with one attached hydrogen (secondary N) is 1. The van der Waals surface area contributed by atoms with Gasteiger partial charge in [0, 0.05) is 11.6 Å². The lowest BCUT2D eigenvalue weighted by Gasteiger charge is -2.17. The summed E-state index contributed by atoms with van der Waals surface area (Å²) in [5, 5.41) is 13.7. The minimum Gasteiger partial charge on any atom is -0.394 e. The Morgan fingerprint density at radius 3 is 2.82 bits per heavy atom. The summed E-state index contributed by atoms with van der Waals surface area (Å²) in [4.78, 5) is 12.9. The zero-order chi connectivity index (χ0) is 15.2. The van der Waals surface area contributed by atoms with Crippen molar-refractivity contribution >= 4 is 34.5 Å². The van der Waals surface area contributed by atoms with E-state index in [9.17, 15) is 5.11 Å². The van der Waals surface area contributed by atoms with Crippen molar-refractivity contribution in [2.45, 2.75) is 18.4 Å². The van der Waals surface area contributed by atoms with Gasteiger partial charge in [-0.2, -0.15) is 4.98 Å². The van der Waals surface area contributed by atoms with Crippen molar-refractivity contribution in [1.82, 2.24) is 9.97 Å². The number of rotatable bonds is 4. The molecule has 22 heavy (non-hydrogen) atoms. The number of allylic oxidation sites excluding steroid dienone is 1. The average Bonchev–Trinajstić information content (AvgIpc) is 3.08. The van der Waals surface area contributed by atoms with Gasteiger partial charge in [0.25, 0.3) is 0 Å². The lowest BCUT2D eigenvalue weighted by atomic mass is 10.0. The van der Waals surface area contributed by atoms with Gasteiger partial charge in [0.1, 0.15) is 5.82 Å². The van der Waals surface area contributed by atoms with Gasteiger partial charge in [0.2, 0.25) is 5.95 Å². The Labute approximate surface area is 127 Å². The zero-order valence-corrected chi connectivity index (χ0v) is 12.1. The van der Waals surface area contributed by atoms with E-state index in [0.29, 0.717) is 12.4 Å². The third kappa shape index (κ3) is 2.21. The zero-order valence-electron chi connectivity index (χ0n) is 12.1. The molecule has 2 heterocycles. The highest BCUT2D eigenvalue weighted by molar-refractivity contribution is 5.95. The second-order valence-corrected chi connectivity index (χ2v) is 5.91. The first-order chi connectivity index (χ1) is 10.7. The topological polar surface area (TPSA) is 96.4 Å². The normalized spacial score (nSPS) is 18.5. The van der Waals surface area contributed by atoms with Crippen LogP contribution in [-0.2, 0) is 0 Å². The van der Waals surface area contributed by atoms with Crippen molar-refractivity contribution in [2.75, 3.05) is 24.2 Å². The number of hydrogen-bond acceptors (Lipinski definition) is 6. The van der Waals surface area contributed by atoms with Gasteiger partial charge >= 0.3 is 0 Å². The van der Waals surface area contributed by atoms with Crippen LogP contribution in [0.1, 0.15) is 18.4 Å². The molecule has 1 aliphatic heterocycles. The third-order valence-corrected chi connectivity index (χ3v) is 4.27. The molecule has 0 spiro atoms. The molecular weight excluding hydrogens is 278 g/mol. The van der Waals surface area contributed by atoms with E-state index in [1.165, 1.54) is 5.57 Å². The number of nitrogen functional groups attached to an aromatic ring is 1. The fraction of sp³-hybridized carbons (Fsp3) is 0.312. The molecule has 1 aromatic carbocycles. The standard InChI is InChI=1S/C16H17N5O/c17-15-19-13-7-10(11-3-6-18-8-11)1-2-12(13)14(20-15)21-16(9-22)4-5-16/h1-3,6-7,22H,4-5,8-9H2,(H3,17,19,20,21). The summed E-state index contributed by atoms with van der Waals surface area (Å²) in [7, 11) is 0. The maximum Gasteiger partial charge on any atom is 0.222 e. The number of nitrogens with two attached hydrogens (primary N) is 1. The minimum atomic E-state index is -0.242. The summed E-state index contributed by atoms with van der Waals surface area (Å²) >= 11 is 0. The molecule has 112 valence electrons. The van der Waals surface area contributed by atoms with Crippen LogP contribution >= 0.6 is 0 Å². The van der Waals surface area contributed by atoms with Crippen LogP contribution < -0.4 is 11.1 Å². The molecule has 1 saturated carbocycles. The van der Waals surface area contributed by atoms with E-state index < -0.39 is 0 Å².